The lowest BCUT2D eigenvalue weighted by Gasteiger charge is -2.30. The molecule has 0 spiro atoms. The first-order valence-corrected chi connectivity index (χ1v) is 13.2. The van der Waals surface area contributed by atoms with Crippen molar-refractivity contribution < 1.29 is 9.53 Å². The Kier molecular flexibility index (Phi) is 8.95. The summed E-state index contributed by atoms with van der Waals surface area (Å²) >= 11 is 0. The molecule has 0 aromatic heterocycles. The summed E-state index contributed by atoms with van der Waals surface area (Å²) in [5, 5.41) is 0. The van der Waals surface area contributed by atoms with E-state index in [1.807, 2.05) is 43.3 Å². The third-order valence-electron chi connectivity index (χ3n) is 7.49. The van der Waals surface area contributed by atoms with Crippen LogP contribution in [0.3, 0.4) is 0 Å². The fourth-order valence-electron chi connectivity index (χ4n) is 5.35. The average molecular weight is 467 g/mol. The molecule has 0 heterocycles. The Morgan fingerprint density at radius 3 is 2.26 bits per heavy atom. The number of ether oxygens (including phenoxy) is 1. The lowest BCUT2D eigenvalue weighted by atomic mass is 9.75. The van der Waals surface area contributed by atoms with Crippen LogP contribution in [0.25, 0.3) is 0 Å². The molecule has 0 N–H and O–H groups in total. The predicted molar refractivity (Wildman–Crippen MR) is 145 cm³/mol. The van der Waals surface area contributed by atoms with Gasteiger partial charge in [-0.05, 0) is 111 Å². The van der Waals surface area contributed by atoms with Crippen molar-refractivity contribution >= 4 is 5.97 Å². The first kappa shape index (κ1) is 25.0. The van der Waals surface area contributed by atoms with Crippen LogP contribution in [-0.2, 0) is 6.42 Å². The van der Waals surface area contributed by atoms with Crippen molar-refractivity contribution in [1.29, 1.82) is 0 Å². The van der Waals surface area contributed by atoms with Gasteiger partial charge in [-0.1, -0.05) is 73.7 Å². The van der Waals surface area contributed by atoms with Crippen molar-refractivity contribution in [3.63, 3.8) is 0 Å². The maximum Gasteiger partial charge on any atom is 0.343 e. The quantitative estimate of drug-likeness (QED) is 0.179. The van der Waals surface area contributed by atoms with Gasteiger partial charge in [0.05, 0.1) is 5.56 Å². The maximum absolute atomic E-state index is 12.6. The molecule has 1 aliphatic carbocycles. The van der Waals surface area contributed by atoms with Gasteiger partial charge in [-0.15, -0.1) is 0 Å². The summed E-state index contributed by atoms with van der Waals surface area (Å²) in [6.07, 6.45) is 12.6. The van der Waals surface area contributed by atoms with Crippen molar-refractivity contribution in [3.8, 4) is 5.75 Å². The van der Waals surface area contributed by atoms with Gasteiger partial charge >= 0.3 is 5.97 Å². The summed E-state index contributed by atoms with van der Waals surface area (Å²) in [6, 6.07) is 26.8. The largest absolute Gasteiger partial charge is 0.423 e. The van der Waals surface area contributed by atoms with E-state index in [0.717, 1.165) is 18.8 Å². The molecule has 1 unspecified atom stereocenters. The number of allylic oxidation sites excluding steroid dienone is 2. The summed E-state index contributed by atoms with van der Waals surface area (Å²) in [6.45, 7) is 4.40. The summed E-state index contributed by atoms with van der Waals surface area (Å²) in [7, 11) is 0. The second-order valence-corrected chi connectivity index (χ2v) is 10.0. The maximum atomic E-state index is 12.6. The highest BCUT2D eigenvalue weighted by atomic mass is 16.5. The van der Waals surface area contributed by atoms with Gasteiger partial charge < -0.3 is 4.74 Å². The van der Waals surface area contributed by atoms with E-state index in [4.69, 9.17) is 4.74 Å². The molecule has 3 aromatic carbocycles. The second-order valence-electron chi connectivity index (χ2n) is 10.0. The third-order valence-corrected chi connectivity index (χ3v) is 7.49. The van der Waals surface area contributed by atoms with Gasteiger partial charge in [-0.25, -0.2) is 4.79 Å². The Morgan fingerprint density at radius 1 is 0.914 bits per heavy atom. The minimum absolute atomic E-state index is 0.295. The van der Waals surface area contributed by atoms with Crippen LogP contribution in [0, 0.1) is 5.92 Å². The number of aryl methyl sites for hydroxylation is 1. The monoisotopic (exact) mass is 466 g/mol. The van der Waals surface area contributed by atoms with Gasteiger partial charge in [-0.2, -0.15) is 0 Å². The highest BCUT2D eigenvalue weighted by Crippen LogP contribution is 2.39. The van der Waals surface area contributed by atoms with Gasteiger partial charge in [-0.3, -0.25) is 0 Å². The van der Waals surface area contributed by atoms with E-state index in [0.29, 0.717) is 23.1 Å². The van der Waals surface area contributed by atoms with Crippen LogP contribution in [0.1, 0.15) is 91.3 Å². The first-order chi connectivity index (χ1) is 17.1. The molecule has 4 rings (SSSR count). The van der Waals surface area contributed by atoms with Crippen LogP contribution >= 0.6 is 0 Å². The smallest absolute Gasteiger partial charge is 0.343 e. The zero-order chi connectivity index (χ0) is 24.5. The van der Waals surface area contributed by atoms with Crippen LogP contribution in [0.4, 0.5) is 0 Å². The summed E-state index contributed by atoms with van der Waals surface area (Å²) < 4.78 is 5.60. The molecule has 2 nitrogen and oxygen atoms in total. The highest BCUT2D eigenvalue weighted by molar-refractivity contribution is 5.91. The molecule has 0 saturated heterocycles. The van der Waals surface area contributed by atoms with Crippen molar-refractivity contribution in [2.24, 2.45) is 5.92 Å². The topological polar surface area (TPSA) is 26.3 Å². The molecule has 1 aliphatic rings. The molecular formula is C33H38O2. The molecule has 0 amide bonds. The number of carbonyl (C=O) groups excluding carboxylic acids is 1. The Hall–Kier alpha value is -3.13. The van der Waals surface area contributed by atoms with E-state index < -0.39 is 0 Å². The number of carbonyl (C=O) groups is 1. The van der Waals surface area contributed by atoms with E-state index >= 15 is 0 Å². The number of rotatable bonds is 9. The zero-order valence-corrected chi connectivity index (χ0v) is 21.2. The Labute approximate surface area is 211 Å². The van der Waals surface area contributed by atoms with Crippen molar-refractivity contribution in [2.75, 3.05) is 0 Å². The third kappa shape index (κ3) is 7.18. The molecule has 1 saturated carbocycles. The Morgan fingerprint density at radius 2 is 1.60 bits per heavy atom. The minimum Gasteiger partial charge on any atom is -0.423 e. The molecule has 2 heteroatoms. The summed E-state index contributed by atoms with van der Waals surface area (Å²) in [5.41, 5.74) is 4.66. The van der Waals surface area contributed by atoms with E-state index in [-0.39, 0.29) is 5.97 Å². The van der Waals surface area contributed by atoms with Crippen molar-refractivity contribution in [1.82, 2.24) is 0 Å². The second kappa shape index (κ2) is 12.5. The molecule has 0 bridgehead atoms. The zero-order valence-electron chi connectivity index (χ0n) is 21.2. The van der Waals surface area contributed by atoms with Gasteiger partial charge in [0.15, 0.2) is 0 Å². The normalized spacial score (nSPS) is 18.9. The highest BCUT2D eigenvalue weighted by Gasteiger charge is 2.24. The number of benzene rings is 3. The molecule has 0 radical (unpaired) electrons. The van der Waals surface area contributed by atoms with Crippen LogP contribution in [0.5, 0.6) is 5.75 Å². The molecule has 1 atom stereocenters. The molecule has 3 aromatic rings. The van der Waals surface area contributed by atoms with Crippen LogP contribution in [0.2, 0.25) is 0 Å². The standard InChI is InChI=1S/C33H38O2/c1-3-4-6-9-26-14-22-32(23-15-26)35-33(34)31-20-18-30(19-21-31)29-16-12-27(13-17-29)24-25(2)28-10-7-5-8-11-28/h3-5,7-8,10-11,14-15,18-23,25,27,29H,6,9,12-13,16-17,24H2,1-2H3/b4-3+. The SMILES string of the molecule is C/C=C/CCc1ccc(OC(=O)c2ccc(C3CCC(CC(C)c4ccccc4)CC3)cc2)cc1. The average Bonchev–Trinajstić information content (AvgIpc) is 2.91. The fraction of sp³-hybridized carbons (Fsp3) is 0.364. The molecule has 0 aliphatic heterocycles. The van der Waals surface area contributed by atoms with Gasteiger partial charge in [0.1, 0.15) is 5.75 Å². The van der Waals surface area contributed by atoms with Crippen LogP contribution in [-0.4, -0.2) is 5.97 Å². The van der Waals surface area contributed by atoms with Crippen molar-refractivity contribution in [3.05, 3.63) is 113 Å². The van der Waals surface area contributed by atoms with E-state index in [1.165, 1.54) is 48.8 Å². The first-order valence-electron chi connectivity index (χ1n) is 13.2. The minimum atomic E-state index is -0.295. The Balaban J connectivity index is 1.25. The van der Waals surface area contributed by atoms with E-state index in [9.17, 15) is 4.79 Å². The van der Waals surface area contributed by atoms with Gasteiger partial charge in [0.2, 0.25) is 0 Å². The van der Waals surface area contributed by atoms with E-state index in [1.54, 1.807) is 0 Å². The lowest BCUT2D eigenvalue weighted by Crippen LogP contribution is -2.15. The molecule has 182 valence electrons. The number of esters is 1. The number of hydrogen-bond acceptors (Lipinski definition) is 2. The van der Waals surface area contributed by atoms with Gasteiger partial charge in [0, 0.05) is 0 Å². The fourth-order valence-corrected chi connectivity index (χ4v) is 5.35. The Bertz CT molecular complexity index is 1070. The summed E-state index contributed by atoms with van der Waals surface area (Å²) in [4.78, 5) is 12.6. The lowest BCUT2D eigenvalue weighted by molar-refractivity contribution is 0.0734. The predicted octanol–water partition coefficient (Wildman–Crippen LogP) is 8.88. The molecular weight excluding hydrogens is 428 g/mol. The van der Waals surface area contributed by atoms with E-state index in [2.05, 4.69) is 61.5 Å². The van der Waals surface area contributed by atoms with Crippen molar-refractivity contribution in [2.45, 2.75) is 70.6 Å². The molecule has 35 heavy (non-hydrogen) atoms. The van der Waals surface area contributed by atoms with Crippen LogP contribution in [0.15, 0.2) is 91.0 Å². The number of hydrogen-bond donors (Lipinski definition) is 0. The van der Waals surface area contributed by atoms with Gasteiger partial charge in [0.25, 0.3) is 0 Å². The van der Waals surface area contributed by atoms with Crippen LogP contribution < -0.4 is 4.74 Å². The summed E-state index contributed by atoms with van der Waals surface area (Å²) in [5.74, 6) is 2.33. The molecule has 1 fully saturated rings.